The van der Waals surface area contributed by atoms with Crippen LogP contribution in [0.15, 0.2) is 48.5 Å². The van der Waals surface area contributed by atoms with Crippen LogP contribution in [-0.4, -0.2) is 36.7 Å². The number of alkyl halides is 3. The smallest absolute Gasteiger partial charge is 0.416 e. The van der Waals surface area contributed by atoms with E-state index in [1.54, 1.807) is 24.3 Å². The third-order valence-electron chi connectivity index (χ3n) is 5.22. The van der Waals surface area contributed by atoms with Crippen LogP contribution in [-0.2, 0) is 31.1 Å². The predicted octanol–water partition coefficient (Wildman–Crippen LogP) is 3.46. The number of rotatable bonds is 4. The summed E-state index contributed by atoms with van der Waals surface area (Å²) >= 11 is 0. The Morgan fingerprint density at radius 3 is 2.45 bits per heavy atom. The molecule has 31 heavy (non-hydrogen) atoms. The number of carbonyl (C=O) groups is 2. The van der Waals surface area contributed by atoms with Gasteiger partial charge in [0.15, 0.2) is 11.8 Å². The van der Waals surface area contributed by atoms with Gasteiger partial charge in [0.25, 0.3) is 11.8 Å². The highest BCUT2D eigenvalue weighted by molar-refractivity contribution is 5.95. The van der Waals surface area contributed by atoms with Crippen LogP contribution in [0.2, 0.25) is 0 Å². The van der Waals surface area contributed by atoms with Crippen LogP contribution in [0.1, 0.15) is 24.0 Å². The van der Waals surface area contributed by atoms with Crippen LogP contribution in [0.3, 0.4) is 0 Å². The third kappa shape index (κ3) is 3.96. The molecule has 2 fully saturated rings. The second-order valence-corrected chi connectivity index (χ2v) is 7.16. The molecule has 2 aliphatic heterocycles. The second kappa shape index (κ2) is 7.86. The number of fused-ring (bicyclic) bond motifs is 1. The number of benzene rings is 2. The number of nitrogens with zero attached hydrogens (tertiary/aromatic N) is 1. The topological polar surface area (TPSA) is 77.1 Å². The molecule has 4 rings (SSSR count). The van der Waals surface area contributed by atoms with Gasteiger partial charge in [0.05, 0.1) is 25.7 Å². The van der Waals surface area contributed by atoms with Gasteiger partial charge in [-0.3, -0.25) is 14.4 Å². The largest absolute Gasteiger partial charge is 0.497 e. The molecule has 0 unspecified atom stereocenters. The normalized spacial score (nSPS) is 23.4. The molecule has 2 heterocycles. The van der Waals surface area contributed by atoms with Crippen LogP contribution >= 0.6 is 0 Å². The highest BCUT2D eigenvalue weighted by Gasteiger charge is 2.56. The fourth-order valence-electron chi connectivity index (χ4n) is 3.65. The Labute approximate surface area is 175 Å². The fraction of sp³-hybridized carbons (Fsp3) is 0.333. The number of carbonyl (C=O) groups excluding carboxylic acids is 2. The number of methoxy groups -OCH3 is 1. The molecular weight excluding hydrogens is 417 g/mol. The molecule has 2 amide bonds. The molecule has 0 radical (unpaired) electrons. The number of halogens is 3. The van der Waals surface area contributed by atoms with Crippen molar-refractivity contribution < 1.29 is 37.1 Å². The van der Waals surface area contributed by atoms with Crippen LogP contribution in [0.4, 0.5) is 18.9 Å². The van der Waals surface area contributed by atoms with Gasteiger partial charge in [0, 0.05) is 17.7 Å². The Morgan fingerprint density at radius 2 is 1.84 bits per heavy atom. The number of ether oxygens (including phenoxy) is 2. The van der Waals surface area contributed by atoms with Gasteiger partial charge >= 0.3 is 6.18 Å². The van der Waals surface area contributed by atoms with Crippen LogP contribution in [0.25, 0.3) is 0 Å². The lowest BCUT2D eigenvalue weighted by molar-refractivity contribution is -0.273. The summed E-state index contributed by atoms with van der Waals surface area (Å²) in [5.41, 5.74) is -1.50. The Morgan fingerprint density at radius 1 is 1.16 bits per heavy atom. The SMILES string of the molecule is COc1ccc(NC(=O)[C@H]2C[C@@]3(c4ccc(C(F)(F)F)cc4)OCCC(=O)N3O2)cc1. The first-order valence-electron chi connectivity index (χ1n) is 9.49. The maximum absolute atomic E-state index is 12.9. The van der Waals surface area contributed by atoms with Gasteiger partial charge in [0.2, 0.25) is 0 Å². The highest BCUT2D eigenvalue weighted by atomic mass is 19.4. The Kier molecular flexibility index (Phi) is 5.36. The summed E-state index contributed by atoms with van der Waals surface area (Å²) < 4.78 is 49.7. The molecule has 1 N–H and O–H groups in total. The summed E-state index contributed by atoms with van der Waals surface area (Å²) in [6.45, 7) is 0.0620. The maximum atomic E-state index is 12.9. The number of nitrogens with one attached hydrogen (secondary N) is 1. The molecule has 10 heteroatoms. The molecular formula is C21H19F3N2O5. The van der Waals surface area contributed by atoms with E-state index < -0.39 is 35.4 Å². The van der Waals surface area contributed by atoms with Gasteiger partial charge < -0.3 is 14.8 Å². The van der Waals surface area contributed by atoms with Crippen molar-refractivity contribution in [3.05, 3.63) is 59.7 Å². The lowest BCUT2D eigenvalue weighted by atomic mass is 9.94. The van der Waals surface area contributed by atoms with Crippen molar-refractivity contribution in [1.82, 2.24) is 5.06 Å². The van der Waals surface area contributed by atoms with Crippen molar-refractivity contribution in [3.63, 3.8) is 0 Å². The summed E-state index contributed by atoms with van der Waals surface area (Å²) in [6, 6.07) is 10.9. The zero-order chi connectivity index (χ0) is 22.2. The molecule has 0 saturated carbocycles. The fourth-order valence-corrected chi connectivity index (χ4v) is 3.65. The minimum atomic E-state index is -4.49. The summed E-state index contributed by atoms with van der Waals surface area (Å²) in [5, 5.41) is 3.67. The predicted molar refractivity (Wildman–Crippen MR) is 102 cm³/mol. The average Bonchev–Trinajstić information content (AvgIpc) is 3.16. The lowest BCUT2D eigenvalue weighted by Gasteiger charge is -2.39. The Hall–Kier alpha value is -3.11. The third-order valence-corrected chi connectivity index (χ3v) is 5.22. The molecule has 0 spiro atoms. The van der Waals surface area contributed by atoms with E-state index in [2.05, 4.69) is 5.32 Å². The van der Waals surface area contributed by atoms with Crippen molar-refractivity contribution in [2.75, 3.05) is 19.0 Å². The van der Waals surface area contributed by atoms with E-state index in [0.717, 1.165) is 17.2 Å². The molecule has 2 aromatic carbocycles. The van der Waals surface area contributed by atoms with E-state index in [9.17, 15) is 22.8 Å². The van der Waals surface area contributed by atoms with E-state index in [1.807, 2.05) is 0 Å². The molecule has 2 aromatic rings. The van der Waals surface area contributed by atoms with Crippen molar-refractivity contribution >= 4 is 17.5 Å². The van der Waals surface area contributed by atoms with Gasteiger partial charge in [-0.05, 0) is 36.4 Å². The minimum absolute atomic E-state index is 0.0369. The quantitative estimate of drug-likeness (QED) is 0.795. The van der Waals surface area contributed by atoms with E-state index >= 15 is 0 Å². The minimum Gasteiger partial charge on any atom is -0.497 e. The summed E-state index contributed by atoms with van der Waals surface area (Å²) in [5.74, 6) is -0.305. The van der Waals surface area contributed by atoms with Gasteiger partial charge in [-0.1, -0.05) is 12.1 Å². The lowest BCUT2D eigenvalue weighted by Crippen LogP contribution is -2.50. The standard InChI is InChI=1S/C21H19F3N2O5/c1-29-16-8-6-15(7-9-16)25-19(28)17-12-20(26(31-17)18(27)10-11-30-20)13-2-4-14(5-3-13)21(22,23)24/h2-9,17H,10-12H2,1H3,(H,25,28)/t17-,20+/m1/s1. The molecule has 7 nitrogen and oxygen atoms in total. The Bertz CT molecular complexity index is 978. The molecule has 2 aliphatic rings. The van der Waals surface area contributed by atoms with E-state index in [4.69, 9.17) is 14.3 Å². The molecule has 0 aliphatic carbocycles. The monoisotopic (exact) mass is 436 g/mol. The molecule has 0 aromatic heterocycles. The van der Waals surface area contributed by atoms with E-state index in [0.29, 0.717) is 17.0 Å². The van der Waals surface area contributed by atoms with Crippen molar-refractivity contribution in [3.8, 4) is 5.75 Å². The van der Waals surface area contributed by atoms with Crippen LogP contribution in [0, 0.1) is 0 Å². The number of amides is 2. The van der Waals surface area contributed by atoms with Crippen LogP contribution in [0.5, 0.6) is 5.75 Å². The zero-order valence-corrected chi connectivity index (χ0v) is 16.4. The first-order valence-corrected chi connectivity index (χ1v) is 9.49. The van der Waals surface area contributed by atoms with Gasteiger partial charge in [-0.2, -0.15) is 18.2 Å². The first kappa shape index (κ1) is 21.1. The average molecular weight is 436 g/mol. The van der Waals surface area contributed by atoms with E-state index in [-0.39, 0.29) is 19.4 Å². The highest BCUT2D eigenvalue weighted by Crippen LogP contribution is 2.45. The van der Waals surface area contributed by atoms with Gasteiger partial charge in [-0.25, -0.2) is 0 Å². The number of anilines is 1. The first-order chi connectivity index (χ1) is 14.7. The number of hydroxylamine groups is 2. The second-order valence-electron chi connectivity index (χ2n) is 7.16. The summed E-state index contributed by atoms with van der Waals surface area (Å²) in [7, 11) is 1.52. The molecule has 2 saturated heterocycles. The Balaban J connectivity index is 1.58. The number of hydrogen-bond acceptors (Lipinski definition) is 5. The molecule has 164 valence electrons. The van der Waals surface area contributed by atoms with Crippen LogP contribution < -0.4 is 10.1 Å². The van der Waals surface area contributed by atoms with Crippen molar-refractivity contribution in [1.29, 1.82) is 0 Å². The van der Waals surface area contributed by atoms with Gasteiger partial charge in [-0.15, -0.1) is 0 Å². The zero-order valence-electron chi connectivity index (χ0n) is 16.4. The molecule has 0 bridgehead atoms. The van der Waals surface area contributed by atoms with Gasteiger partial charge in [0.1, 0.15) is 5.75 Å². The summed E-state index contributed by atoms with van der Waals surface area (Å²) in [4.78, 5) is 30.9. The van der Waals surface area contributed by atoms with Crippen molar-refractivity contribution in [2.45, 2.75) is 30.8 Å². The van der Waals surface area contributed by atoms with Crippen molar-refractivity contribution in [2.24, 2.45) is 0 Å². The molecule has 2 atom stereocenters. The van der Waals surface area contributed by atoms with E-state index in [1.165, 1.54) is 19.2 Å². The number of hydrogen-bond donors (Lipinski definition) is 1. The maximum Gasteiger partial charge on any atom is 0.416 e. The summed E-state index contributed by atoms with van der Waals surface area (Å²) in [6.07, 6.45) is -5.60.